The van der Waals surface area contributed by atoms with Gasteiger partial charge in [-0.25, -0.2) is 13.8 Å². The Kier molecular flexibility index (Phi) is 7.60. The largest absolute Gasteiger partial charge is 0.339 e. The number of nitrogens with zero attached hydrogens (tertiary/aromatic N) is 3. The molecule has 214 valence electrons. The predicted molar refractivity (Wildman–Crippen MR) is 155 cm³/mol. The number of halogens is 2. The van der Waals surface area contributed by atoms with E-state index < -0.39 is 12.3 Å². The Bertz CT molecular complexity index is 1430. The zero-order valence-corrected chi connectivity index (χ0v) is 24.3. The van der Waals surface area contributed by atoms with Crippen LogP contribution in [0.1, 0.15) is 79.5 Å². The number of rotatable bonds is 8. The molecule has 2 fully saturated rings. The number of likely N-dealkylation sites (tertiary alicyclic amines) is 1. The summed E-state index contributed by atoms with van der Waals surface area (Å²) in [5, 5.41) is 6.49. The van der Waals surface area contributed by atoms with Crippen LogP contribution >= 0.6 is 11.3 Å². The Morgan fingerprint density at radius 1 is 1.25 bits per heavy atom. The van der Waals surface area contributed by atoms with Crippen molar-refractivity contribution < 1.29 is 18.4 Å². The Labute approximate surface area is 237 Å². The zero-order chi connectivity index (χ0) is 28.8. The average Bonchev–Trinajstić information content (AvgIpc) is 3.62. The summed E-state index contributed by atoms with van der Waals surface area (Å²) in [7, 11) is 0. The van der Waals surface area contributed by atoms with Crippen LogP contribution in [0.15, 0.2) is 43.0 Å². The minimum Gasteiger partial charge on any atom is -0.339 e. The van der Waals surface area contributed by atoms with E-state index in [0.717, 1.165) is 53.7 Å². The van der Waals surface area contributed by atoms with Gasteiger partial charge in [-0.3, -0.25) is 14.9 Å². The van der Waals surface area contributed by atoms with Crippen LogP contribution < -0.4 is 10.6 Å². The third-order valence-corrected chi connectivity index (χ3v) is 9.67. The minimum atomic E-state index is -2.62. The second kappa shape index (κ2) is 10.7. The molecule has 10 heteroatoms. The molecule has 3 heterocycles. The van der Waals surface area contributed by atoms with Crippen LogP contribution in [0.5, 0.6) is 0 Å². The first-order chi connectivity index (χ1) is 18.9. The molecule has 1 saturated heterocycles. The second-order valence-corrected chi connectivity index (χ2v) is 13.4. The molecule has 0 bridgehead atoms. The van der Waals surface area contributed by atoms with Crippen LogP contribution in [0.25, 0.3) is 11.0 Å². The van der Waals surface area contributed by atoms with Gasteiger partial charge < -0.3 is 14.8 Å². The molecule has 40 heavy (non-hydrogen) atoms. The topological polar surface area (TPSA) is 79.3 Å². The minimum absolute atomic E-state index is 0.0395. The van der Waals surface area contributed by atoms with E-state index in [1.165, 1.54) is 18.2 Å². The summed E-state index contributed by atoms with van der Waals surface area (Å²) in [5.41, 5.74) is 2.95. The number of thiophene rings is 1. The van der Waals surface area contributed by atoms with E-state index in [9.17, 15) is 18.4 Å². The lowest BCUT2D eigenvalue weighted by atomic mass is 9.64. The number of fused-ring (bicyclic) bond motifs is 1. The monoisotopic (exact) mass is 569 g/mol. The van der Waals surface area contributed by atoms with Crippen LogP contribution in [-0.2, 0) is 11.3 Å². The van der Waals surface area contributed by atoms with Crippen molar-refractivity contribution in [3.63, 3.8) is 0 Å². The molecule has 1 aromatic carbocycles. The second-order valence-electron chi connectivity index (χ2n) is 12.3. The number of hydrogen-bond acceptors (Lipinski definition) is 5. The highest BCUT2D eigenvalue weighted by molar-refractivity contribution is 7.14. The average molecular weight is 570 g/mol. The van der Waals surface area contributed by atoms with Gasteiger partial charge in [0.05, 0.1) is 20.8 Å². The van der Waals surface area contributed by atoms with Crippen molar-refractivity contribution in [2.45, 2.75) is 72.0 Å². The first-order valence-electron chi connectivity index (χ1n) is 13.7. The Morgan fingerprint density at radius 3 is 2.65 bits per heavy atom. The molecule has 3 aromatic rings. The molecule has 1 aliphatic heterocycles. The van der Waals surface area contributed by atoms with E-state index in [1.807, 2.05) is 17.0 Å². The van der Waals surface area contributed by atoms with Gasteiger partial charge in [-0.2, -0.15) is 0 Å². The fourth-order valence-corrected chi connectivity index (χ4v) is 6.51. The third-order valence-electron chi connectivity index (χ3n) is 8.58. The highest BCUT2D eigenvalue weighted by Gasteiger charge is 2.50. The summed E-state index contributed by atoms with van der Waals surface area (Å²) >= 11 is 0.790. The molecule has 2 amide bonds. The molecular formula is C30H37F2N5O2S. The van der Waals surface area contributed by atoms with Crippen LogP contribution in [0.2, 0.25) is 0 Å². The van der Waals surface area contributed by atoms with Crippen molar-refractivity contribution in [1.82, 2.24) is 19.8 Å². The van der Waals surface area contributed by atoms with Gasteiger partial charge in [0.25, 0.3) is 12.3 Å². The van der Waals surface area contributed by atoms with Gasteiger partial charge in [0, 0.05) is 31.7 Å². The molecule has 1 saturated carbocycles. The summed E-state index contributed by atoms with van der Waals surface area (Å²) in [6.45, 7) is 14.5. The van der Waals surface area contributed by atoms with Crippen molar-refractivity contribution in [2.24, 2.45) is 10.8 Å². The Balaban J connectivity index is 1.41. The molecule has 2 aromatic heterocycles. The van der Waals surface area contributed by atoms with E-state index in [0.29, 0.717) is 25.1 Å². The van der Waals surface area contributed by atoms with Crippen molar-refractivity contribution in [1.29, 1.82) is 0 Å². The molecule has 1 aliphatic carbocycles. The third kappa shape index (κ3) is 5.56. The number of carbonyl (C=O) groups excluding carboxylic acids is 2. The molecule has 0 unspecified atom stereocenters. The fraction of sp³-hybridized carbons (Fsp3) is 0.500. The standard InChI is InChI=1S/C30H37F2N5O2S/c1-6-25(38)36-12-11-30(17-36)14-20(15-30)37-22-8-7-19(16-33-18(2)29(3,4)5)13-21(22)34-28(37)35-27(39)24-10-9-23(40-24)26(31)32/h6-10,13,18,20,26,33H,1,11-12,14-17H2,2-5H3,(H,34,35,39)/t18-,20-,30+/m0/s1. The number of hydrogen-bond donors (Lipinski definition) is 2. The summed E-state index contributed by atoms with van der Waals surface area (Å²) in [6.07, 6.45) is 1.41. The van der Waals surface area contributed by atoms with Crippen molar-refractivity contribution in [2.75, 3.05) is 18.4 Å². The lowest BCUT2D eigenvalue weighted by Crippen LogP contribution is -2.42. The quantitative estimate of drug-likeness (QED) is 0.302. The predicted octanol–water partition coefficient (Wildman–Crippen LogP) is 6.55. The van der Waals surface area contributed by atoms with Crippen LogP contribution in [0.3, 0.4) is 0 Å². The van der Waals surface area contributed by atoms with Gasteiger partial charge in [-0.15, -0.1) is 11.3 Å². The maximum absolute atomic E-state index is 13.1. The maximum Gasteiger partial charge on any atom is 0.272 e. The molecule has 0 radical (unpaired) electrons. The molecule has 1 atom stereocenters. The van der Waals surface area contributed by atoms with Gasteiger partial charge >= 0.3 is 0 Å². The summed E-state index contributed by atoms with van der Waals surface area (Å²) in [5.74, 6) is -0.0774. The van der Waals surface area contributed by atoms with E-state index in [2.05, 4.69) is 55.5 Å². The molecular weight excluding hydrogens is 532 g/mol. The number of nitrogens with one attached hydrogen (secondary N) is 2. The van der Waals surface area contributed by atoms with Gasteiger partial charge in [-0.05, 0) is 72.9 Å². The normalized spacial score (nSPS) is 21.7. The lowest BCUT2D eigenvalue weighted by Gasteiger charge is -2.46. The number of imidazole rings is 1. The molecule has 5 rings (SSSR count). The summed E-state index contributed by atoms with van der Waals surface area (Å²) in [6, 6.07) is 9.29. The Hall–Kier alpha value is -3.11. The van der Waals surface area contributed by atoms with Crippen LogP contribution in [-0.4, -0.2) is 45.4 Å². The first kappa shape index (κ1) is 28.4. The summed E-state index contributed by atoms with van der Waals surface area (Å²) in [4.78, 5) is 32.0. The number of benzene rings is 1. The van der Waals surface area contributed by atoms with Crippen molar-refractivity contribution in [3.8, 4) is 0 Å². The number of aromatic nitrogens is 2. The first-order valence-corrected chi connectivity index (χ1v) is 14.6. The molecule has 2 aliphatic rings. The van der Waals surface area contributed by atoms with E-state index in [4.69, 9.17) is 4.98 Å². The van der Waals surface area contributed by atoms with Crippen LogP contribution in [0.4, 0.5) is 14.7 Å². The highest BCUT2D eigenvalue weighted by Crippen LogP contribution is 2.55. The van der Waals surface area contributed by atoms with Crippen molar-refractivity contribution in [3.05, 3.63) is 58.3 Å². The molecule has 7 nitrogen and oxygen atoms in total. The zero-order valence-electron chi connectivity index (χ0n) is 23.5. The summed E-state index contributed by atoms with van der Waals surface area (Å²) < 4.78 is 28.3. The van der Waals surface area contributed by atoms with E-state index in [-0.39, 0.29) is 32.5 Å². The van der Waals surface area contributed by atoms with E-state index in [1.54, 1.807) is 0 Å². The van der Waals surface area contributed by atoms with Gasteiger partial charge in [0.15, 0.2) is 0 Å². The SMILES string of the molecule is C=CC(=O)N1CC[C@]2(C1)C[C@@H](n1c(NC(=O)c3ccc(C(F)F)s3)nc3cc(CN[C@@H](C)C(C)(C)C)ccc31)C2. The maximum atomic E-state index is 13.1. The van der Waals surface area contributed by atoms with Crippen molar-refractivity contribution >= 4 is 40.1 Å². The molecule has 1 spiro atoms. The smallest absolute Gasteiger partial charge is 0.272 e. The number of anilines is 1. The highest BCUT2D eigenvalue weighted by atomic mass is 32.1. The van der Waals surface area contributed by atoms with E-state index >= 15 is 0 Å². The number of carbonyl (C=O) groups is 2. The molecule has 2 N–H and O–H groups in total. The fourth-order valence-electron chi connectivity index (χ4n) is 5.75. The number of amides is 2. The number of alkyl halides is 2. The van der Waals surface area contributed by atoms with Gasteiger partial charge in [0.1, 0.15) is 0 Å². The van der Waals surface area contributed by atoms with Gasteiger partial charge in [-0.1, -0.05) is 33.4 Å². The lowest BCUT2D eigenvalue weighted by molar-refractivity contribution is -0.125. The van der Waals surface area contributed by atoms with Crippen LogP contribution in [0, 0.1) is 10.8 Å². The Morgan fingerprint density at radius 2 is 2.00 bits per heavy atom. The van der Waals surface area contributed by atoms with Gasteiger partial charge in [0.2, 0.25) is 11.9 Å².